The van der Waals surface area contributed by atoms with Gasteiger partial charge in [0, 0.05) is 20.1 Å². The molecule has 1 unspecified atom stereocenters. The van der Waals surface area contributed by atoms with Crippen LogP contribution in [0.1, 0.15) is 30.5 Å². The molecule has 94 valence electrons. The lowest BCUT2D eigenvalue weighted by molar-refractivity contribution is -0.122. The van der Waals surface area contributed by atoms with Crippen LogP contribution in [0.15, 0.2) is 24.3 Å². The predicted molar refractivity (Wildman–Crippen MR) is 67.4 cm³/mol. The van der Waals surface area contributed by atoms with Crippen molar-refractivity contribution in [3.8, 4) is 0 Å². The molecule has 1 aromatic carbocycles. The Hall–Kier alpha value is -1.39. The average Bonchev–Trinajstić information content (AvgIpc) is 2.36. The molecule has 0 heterocycles. The first kappa shape index (κ1) is 13.7. The molecule has 1 amide bonds. The van der Waals surface area contributed by atoms with E-state index in [1.165, 1.54) is 0 Å². The summed E-state index contributed by atoms with van der Waals surface area (Å²) < 4.78 is 4.86. The lowest BCUT2D eigenvalue weighted by atomic mass is 10.1. The molecule has 1 aromatic rings. The molecular formula is C13H20N2O2. The molecule has 0 aliphatic rings. The standard InChI is InChI=1S/C13H20N2O2/c1-10(15-13(16)6-7-17-2)12-5-3-4-11(8-12)9-14/h3-5,8,10H,6-7,9,14H2,1-2H3,(H,15,16). The summed E-state index contributed by atoms with van der Waals surface area (Å²) in [6.45, 7) is 2.92. The highest BCUT2D eigenvalue weighted by Crippen LogP contribution is 2.14. The summed E-state index contributed by atoms with van der Waals surface area (Å²) in [5, 5.41) is 2.92. The van der Waals surface area contributed by atoms with Gasteiger partial charge in [-0.05, 0) is 18.1 Å². The molecule has 0 aromatic heterocycles. The van der Waals surface area contributed by atoms with Crippen molar-refractivity contribution >= 4 is 5.91 Å². The van der Waals surface area contributed by atoms with Gasteiger partial charge < -0.3 is 15.8 Å². The van der Waals surface area contributed by atoms with Gasteiger partial charge in [0.25, 0.3) is 0 Å². The van der Waals surface area contributed by atoms with Crippen LogP contribution in [-0.4, -0.2) is 19.6 Å². The molecule has 4 nitrogen and oxygen atoms in total. The van der Waals surface area contributed by atoms with Gasteiger partial charge in [0.2, 0.25) is 5.91 Å². The zero-order valence-electron chi connectivity index (χ0n) is 10.4. The molecule has 0 radical (unpaired) electrons. The van der Waals surface area contributed by atoms with E-state index in [0.717, 1.165) is 11.1 Å². The van der Waals surface area contributed by atoms with Crippen molar-refractivity contribution in [2.75, 3.05) is 13.7 Å². The van der Waals surface area contributed by atoms with Gasteiger partial charge in [0.15, 0.2) is 0 Å². The second-order valence-electron chi connectivity index (χ2n) is 3.98. The lowest BCUT2D eigenvalue weighted by Crippen LogP contribution is -2.27. The number of benzene rings is 1. The fourth-order valence-electron chi connectivity index (χ4n) is 1.58. The second kappa shape index (κ2) is 7.04. The molecule has 0 saturated heterocycles. The molecule has 4 heteroatoms. The number of nitrogens with two attached hydrogens (primary N) is 1. The Kier molecular flexibility index (Phi) is 5.66. The SMILES string of the molecule is COCCC(=O)NC(C)c1cccc(CN)c1. The Labute approximate surface area is 102 Å². The Morgan fingerprint density at radius 3 is 2.94 bits per heavy atom. The highest BCUT2D eigenvalue weighted by atomic mass is 16.5. The van der Waals surface area contributed by atoms with Crippen LogP contribution in [0.5, 0.6) is 0 Å². The highest BCUT2D eigenvalue weighted by molar-refractivity contribution is 5.76. The molecule has 0 aliphatic heterocycles. The maximum Gasteiger partial charge on any atom is 0.222 e. The Bertz CT molecular complexity index is 366. The first-order chi connectivity index (χ1) is 8.17. The van der Waals surface area contributed by atoms with Gasteiger partial charge in [-0.3, -0.25) is 4.79 Å². The summed E-state index contributed by atoms with van der Waals surface area (Å²) in [5.74, 6) is -0.00231. The third-order valence-electron chi connectivity index (χ3n) is 2.60. The highest BCUT2D eigenvalue weighted by Gasteiger charge is 2.09. The van der Waals surface area contributed by atoms with Gasteiger partial charge in [-0.15, -0.1) is 0 Å². The molecule has 17 heavy (non-hydrogen) atoms. The van der Waals surface area contributed by atoms with Crippen molar-refractivity contribution in [3.63, 3.8) is 0 Å². The van der Waals surface area contributed by atoms with Crippen LogP contribution >= 0.6 is 0 Å². The monoisotopic (exact) mass is 236 g/mol. The molecule has 1 atom stereocenters. The van der Waals surface area contributed by atoms with Crippen LogP contribution in [0, 0.1) is 0 Å². The van der Waals surface area contributed by atoms with Crippen LogP contribution in [0.4, 0.5) is 0 Å². The largest absolute Gasteiger partial charge is 0.384 e. The Morgan fingerprint density at radius 1 is 1.53 bits per heavy atom. The van der Waals surface area contributed by atoms with Crippen molar-refractivity contribution in [2.24, 2.45) is 5.73 Å². The number of amides is 1. The summed E-state index contributed by atoms with van der Waals surface area (Å²) >= 11 is 0. The fourth-order valence-corrected chi connectivity index (χ4v) is 1.58. The smallest absolute Gasteiger partial charge is 0.222 e. The van der Waals surface area contributed by atoms with Crippen LogP contribution in [0.25, 0.3) is 0 Å². The van der Waals surface area contributed by atoms with Gasteiger partial charge in [0.1, 0.15) is 0 Å². The van der Waals surface area contributed by atoms with E-state index >= 15 is 0 Å². The minimum Gasteiger partial charge on any atom is -0.384 e. The van der Waals surface area contributed by atoms with Gasteiger partial charge in [-0.25, -0.2) is 0 Å². The minimum absolute atomic E-state index is 0.00231. The number of carbonyl (C=O) groups is 1. The molecule has 1 rings (SSSR count). The van der Waals surface area contributed by atoms with Crippen LogP contribution in [0.3, 0.4) is 0 Å². The molecule has 0 bridgehead atoms. The predicted octanol–water partition coefficient (Wildman–Crippen LogP) is 1.36. The third-order valence-corrected chi connectivity index (χ3v) is 2.60. The maximum absolute atomic E-state index is 11.5. The molecule has 0 aliphatic carbocycles. The topological polar surface area (TPSA) is 64.3 Å². The van der Waals surface area contributed by atoms with Crippen molar-refractivity contribution in [3.05, 3.63) is 35.4 Å². The van der Waals surface area contributed by atoms with Crippen molar-refractivity contribution in [1.29, 1.82) is 0 Å². The summed E-state index contributed by atoms with van der Waals surface area (Å²) in [4.78, 5) is 11.5. The lowest BCUT2D eigenvalue weighted by Gasteiger charge is -2.15. The zero-order valence-corrected chi connectivity index (χ0v) is 10.4. The number of carbonyl (C=O) groups excluding carboxylic acids is 1. The van der Waals surface area contributed by atoms with Crippen LogP contribution in [0.2, 0.25) is 0 Å². The number of methoxy groups -OCH3 is 1. The van der Waals surface area contributed by atoms with Crippen molar-refractivity contribution in [1.82, 2.24) is 5.32 Å². The summed E-state index contributed by atoms with van der Waals surface area (Å²) in [7, 11) is 1.58. The van der Waals surface area contributed by atoms with Crippen LogP contribution in [-0.2, 0) is 16.1 Å². The summed E-state index contributed by atoms with van der Waals surface area (Å²) in [5.41, 5.74) is 7.72. The van der Waals surface area contributed by atoms with E-state index in [1.807, 2.05) is 31.2 Å². The number of nitrogens with one attached hydrogen (secondary N) is 1. The number of ether oxygens (including phenoxy) is 1. The van der Waals surface area contributed by atoms with Gasteiger partial charge in [-0.1, -0.05) is 24.3 Å². The van der Waals surface area contributed by atoms with E-state index in [9.17, 15) is 4.79 Å². The summed E-state index contributed by atoms with van der Waals surface area (Å²) in [6, 6.07) is 7.92. The van der Waals surface area contributed by atoms with E-state index < -0.39 is 0 Å². The van der Waals surface area contributed by atoms with Crippen LogP contribution < -0.4 is 11.1 Å². The first-order valence-corrected chi connectivity index (χ1v) is 5.74. The second-order valence-corrected chi connectivity index (χ2v) is 3.98. The van der Waals surface area contributed by atoms with Crippen molar-refractivity contribution < 1.29 is 9.53 Å². The van der Waals surface area contributed by atoms with Gasteiger partial charge in [-0.2, -0.15) is 0 Å². The van der Waals surface area contributed by atoms with Gasteiger partial charge >= 0.3 is 0 Å². The number of hydrogen-bond donors (Lipinski definition) is 2. The quantitative estimate of drug-likeness (QED) is 0.784. The molecule has 0 saturated carbocycles. The summed E-state index contributed by atoms with van der Waals surface area (Å²) in [6.07, 6.45) is 0.386. The zero-order chi connectivity index (χ0) is 12.7. The molecule has 3 N–H and O–H groups in total. The molecule has 0 fully saturated rings. The number of rotatable bonds is 6. The number of hydrogen-bond acceptors (Lipinski definition) is 3. The Balaban J connectivity index is 2.56. The average molecular weight is 236 g/mol. The molecule has 0 spiro atoms. The van der Waals surface area contributed by atoms with E-state index in [0.29, 0.717) is 19.6 Å². The van der Waals surface area contributed by atoms with Crippen molar-refractivity contribution in [2.45, 2.75) is 25.9 Å². The van der Waals surface area contributed by atoms with E-state index in [4.69, 9.17) is 10.5 Å². The van der Waals surface area contributed by atoms with Gasteiger partial charge in [0.05, 0.1) is 12.6 Å². The van der Waals surface area contributed by atoms with E-state index in [1.54, 1.807) is 7.11 Å². The molecular weight excluding hydrogens is 216 g/mol. The maximum atomic E-state index is 11.5. The normalized spacial score (nSPS) is 12.2. The van der Waals surface area contributed by atoms with E-state index in [-0.39, 0.29) is 11.9 Å². The third kappa shape index (κ3) is 4.54. The Morgan fingerprint density at radius 2 is 2.29 bits per heavy atom. The fraction of sp³-hybridized carbons (Fsp3) is 0.462. The van der Waals surface area contributed by atoms with E-state index in [2.05, 4.69) is 5.32 Å². The first-order valence-electron chi connectivity index (χ1n) is 5.74. The minimum atomic E-state index is -0.00847.